The monoisotopic (exact) mass is 234 g/mol. The van der Waals surface area contributed by atoms with Crippen LogP contribution in [0.1, 0.15) is 10.4 Å². The molecule has 2 rings (SSSR count). The Bertz CT molecular complexity index is 482. The van der Waals surface area contributed by atoms with Crippen LogP contribution in [0.3, 0.4) is 0 Å². The van der Waals surface area contributed by atoms with E-state index in [-0.39, 0.29) is 5.97 Å². The molecule has 0 aliphatic heterocycles. The molecule has 0 fully saturated rings. The van der Waals surface area contributed by atoms with E-state index >= 15 is 0 Å². The molecule has 0 amide bonds. The summed E-state index contributed by atoms with van der Waals surface area (Å²) >= 11 is 1.59. The number of nitrogens with zero attached hydrogens (tertiary/aromatic N) is 1. The lowest BCUT2D eigenvalue weighted by Crippen LogP contribution is -2.02. The van der Waals surface area contributed by atoms with E-state index in [0.29, 0.717) is 11.4 Å². The highest BCUT2D eigenvalue weighted by molar-refractivity contribution is 7.08. The molecule has 0 bridgehead atoms. The molecular weight excluding hydrogens is 224 g/mol. The van der Waals surface area contributed by atoms with Crippen LogP contribution < -0.4 is 5.32 Å². The van der Waals surface area contributed by atoms with E-state index in [4.69, 9.17) is 0 Å². The van der Waals surface area contributed by atoms with Crippen molar-refractivity contribution in [3.8, 4) is 0 Å². The molecule has 82 valence electrons. The first kappa shape index (κ1) is 10.6. The Morgan fingerprint density at radius 1 is 1.50 bits per heavy atom. The van der Waals surface area contributed by atoms with E-state index in [1.54, 1.807) is 29.7 Å². The Labute approximate surface area is 96.9 Å². The Hall–Kier alpha value is -1.88. The smallest absolute Gasteiger partial charge is 0.338 e. The molecule has 2 aromatic heterocycles. The lowest BCUT2D eigenvalue weighted by Gasteiger charge is -2.04. The number of rotatable bonds is 3. The van der Waals surface area contributed by atoms with Gasteiger partial charge in [-0.1, -0.05) is 0 Å². The van der Waals surface area contributed by atoms with Crippen LogP contribution in [0.5, 0.6) is 0 Å². The molecule has 0 spiro atoms. The van der Waals surface area contributed by atoms with Gasteiger partial charge in [-0.3, -0.25) is 0 Å². The van der Waals surface area contributed by atoms with Gasteiger partial charge in [0.05, 0.1) is 18.4 Å². The average Bonchev–Trinajstić information content (AvgIpc) is 2.81. The van der Waals surface area contributed by atoms with E-state index in [9.17, 15) is 4.79 Å². The van der Waals surface area contributed by atoms with Crippen molar-refractivity contribution in [1.29, 1.82) is 0 Å². The molecule has 4 nitrogen and oxygen atoms in total. The van der Waals surface area contributed by atoms with Crippen molar-refractivity contribution >= 4 is 28.8 Å². The summed E-state index contributed by atoms with van der Waals surface area (Å²) in [5.74, 6) is 0.261. The van der Waals surface area contributed by atoms with Crippen molar-refractivity contribution in [3.63, 3.8) is 0 Å². The van der Waals surface area contributed by atoms with Crippen LogP contribution in [0, 0.1) is 0 Å². The standard InChI is InChI=1S/C11H10N2O2S/c1-15-11(14)8-2-4-12-10(6-8)13-9-3-5-16-7-9/h2-7H,1H3,(H,12,13). The molecule has 2 aromatic rings. The van der Waals surface area contributed by atoms with Crippen LogP contribution in [0.2, 0.25) is 0 Å². The summed E-state index contributed by atoms with van der Waals surface area (Å²) in [7, 11) is 1.36. The van der Waals surface area contributed by atoms with Gasteiger partial charge in [0.2, 0.25) is 0 Å². The maximum atomic E-state index is 11.3. The van der Waals surface area contributed by atoms with Crippen LogP contribution in [-0.4, -0.2) is 18.1 Å². The summed E-state index contributed by atoms with van der Waals surface area (Å²) < 4.78 is 4.63. The number of carbonyl (C=O) groups is 1. The van der Waals surface area contributed by atoms with Gasteiger partial charge in [-0.05, 0) is 23.6 Å². The van der Waals surface area contributed by atoms with Crippen molar-refractivity contribution in [2.24, 2.45) is 0 Å². The third-order valence-electron chi connectivity index (χ3n) is 1.97. The van der Waals surface area contributed by atoms with Crippen LogP contribution in [0.25, 0.3) is 0 Å². The number of methoxy groups -OCH3 is 1. The zero-order valence-corrected chi connectivity index (χ0v) is 9.45. The molecule has 0 atom stereocenters. The normalized spacial score (nSPS) is 9.81. The van der Waals surface area contributed by atoms with Gasteiger partial charge in [0.15, 0.2) is 0 Å². The number of nitrogens with one attached hydrogen (secondary N) is 1. The lowest BCUT2D eigenvalue weighted by molar-refractivity contribution is 0.0600. The maximum absolute atomic E-state index is 11.3. The Morgan fingerprint density at radius 3 is 3.06 bits per heavy atom. The van der Waals surface area contributed by atoms with Gasteiger partial charge in [0.25, 0.3) is 0 Å². The third-order valence-corrected chi connectivity index (χ3v) is 2.66. The number of anilines is 2. The molecule has 2 heterocycles. The second-order valence-electron chi connectivity index (χ2n) is 3.06. The highest BCUT2D eigenvalue weighted by atomic mass is 32.1. The molecule has 0 saturated heterocycles. The fourth-order valence-corrected chi connectivity index (χ4v) is 1.82. The number of thiophene rings is 1. The predicted octanol–water partition coefficient (Wildman–Crippen LogP) is 2.67. The van der Waals surface area contributed by atoms with Gasteiger partial charge in [-0.2, -0.15) is 11.3 Å². The van der Waals surface area contributed by atoms with Crippen LogP contribution in [0.4, 0.5) is 11.5 Å². The summed E-state index contributed by atoms with van der Waals surface area (Å²) in [5.41, 5.74) is 1.44. The molecule has 0 radical (unpaired) electrons. The fourth-order valence-electron chi connectivity index (χ4n) is 1.23. The van der Waals surface area contributed by atoms with Gasteiger partial charge in [-0.15, -0.1) is 0 Å². The van der Waals surface area contributed by atoms with Crippen molar-refractivity contribution in [1.82, 2.24) is 4.98 Å². The molecule has 0 saturated carbocycles. The second kappa shape index (κ2) is 4.76. The molecule has 5 heteroatoms. The molecule has 0 aliphatic carbocycles. The van der Waals surface area contributed by atoms with E-state index in [0.717, 1.165) is 5.69 Å². The van der Waals surface area contributed by atoms with Gasteiger partial charge >= 0.3 is 5.97 Å². The number of hydrogen-bond acceptors (Lipinski definition) is 5. The SMILES string of the molecule is COC(=O)c1ccnc(Nc2ccsc2)c1. The van der Waals surface area contributed by atoms with Gasteiger partial charge < -0.3 is 10.1 Å². The van der Waals surface area contributed by atoms with Gasteiger partial charge in [-0.25, -0.2) is 9.78 Å². The summed E-state index contributed by atoms with van der Waals surface area (Å²) in [4.78, 5) is 15.4. The van der Waals surface area contributed by atoms with Crippen LogP contribution in [-0.2, 0) is 4.74 Å². The Morgan fingerprint density at radius 2 is 2.38 bits per heavy atom. The molecule has 16 heavy (non-hydrogen) atoms. The fraction of sp³-hybridized carbons (Fsp3) is 0.0909. The number of esters is 1. The largest absolute Gasteiger partial charge is 0.465 e. The number of ether oxygens (including phenoxy) is 1. The summed E-state index contributed by atoms with van der Waals surface area (Å²) in [6.07, 6.45) is 1.57. The lowest BCUT2D eigenvalue weighted by atomic mass is 10.2. The average molecular weight is 234 g/mol. The zero-order valence-electron chi connectivity index (χ0n) is 8.64. The number of aromatic nitrogens is 1. The molecule has 0 aliphatic rings. The van der Waals surface area contributed by atoms with Gasteiger partial charge in [0, 0.05) is 11.6 Å². The zero-order chi connectivity index (χ0) is 11.4. The summed E-state index contributed by atoms with van der Waals surface area (Å²) in [6.45, 7) is 0. The first-order valence-electron chi connectivity index (χ1n) is 4.63. The minimum Gasteiger partial charge on any atom is -0.465 e. The molecule has 0 unspecified atom stereocenters. The van der Waals surface area contributed by atoms with Crippen LogP contribution in [0.15, 0.2) is 35.2 Å². The van der Waals surface area contributed by atoms with E-state index in [2.05, 4.69) is 15.0 Å². The van der Waals surface area contributed by atoms with Crippen LogP contribution >= 0.6 is 11.3 Å². The summed E-state index contributed by atoms with van der Waals surface area (Å²) in [5, 5.41) is 7.02. The summed E-state index contributed by atoms with van der Waals surface area (Å²) in [6, 6.07) is 5.21. The third kappa shape index (κ3) is 2.38. The Kier molecular flexibility index (Phi) is 3.16. The minimum atomic E-state index is -0.365. The van der Waals surface area contributed by atoms with Gasteiger partial charge in [0.1, 0.15) is 5.82 Å². The minimum absolute atomic E-state index is 0.365. The molecule has 1 N–H and O–H groups in total. The molecule has 0 aromatic carbocycles. The quantitative estimate of drug-likeness (QED) is 0.829. The maximum Gasteiger partial charge on any atom is 0.338 e. The highest BCUT2D eigenvalue weighted by Crippen LogP contribution is 2.18. The van der Waals surface area contributed by atoms with E-state index in [1.165, 1.54) is 7.11 Å². The Balaban J connectivity index is 2.19. The van der Waals surface area contributed by atoms with E-state index < -0.39 is 0 Å². The number of hydrogen-bond donors (Lipinski definition) is 1. The first-order chi connectivity index (χ1) is 7.79. The van der Waals surface area contributed by atoms with Crippen molar-refractivity contribution in [3.05, 3.63) is 40.7 Å². The van der Waals surface area contributed by atoms with Crippen molar-refractivity contribution in [2.75, 3.05) is 12.4 Å². The molecular formula is C11H10N2O2S. The first-order valence-corrected chi connectivity index (χ1v) is 5.57. The van der Waals surface area contributed by atoms with E-state index in [1.807, 2.05) is 16.8 Å². The highest BCUT2D eigenvalue weighted by Gasteiger charge is 2.06. The predicted molar refractivity (Wildman–Crippen MR) is 63.2 cm³/mol. The number of pyridine rings is 1. The van der Waals surface area contributed by atoms with Crippen molar-refractivity contribution in [2.45, 2.75) is 0 Å². The van der Waals surface area contributed by atoms with Crippen molar-refractivity contribution < 1.29 is 9.53 Å². The number of carbonyl (C=O) groups excluding carboxylic acids is 1. The topological polar surface area (TPSA) is 51.2 Å². The second-order valence-corrected chi connectivity index (χ2v) is 3.84.